The van der Waals surface area contributed by atoms with Crippen LogP contribution < -0.4 is 10.6 Å². The molecule has 0 aliphatic heterocycles. The van der Waals surface area contributed by atoms with Gasteiger partial charge in [-0.2, -0.15) is 0 Å². The van der Waals surface area contributed by atoms with Crippen molar-refractivity contribution in [3.05, 3.63) is 23.9 Å². The highest BCUT2D eigenvalue weighted by Crippen LogP contribution is 2.29. The third kappa shape index (κ3) is 3.00. The Morgan fingerprint density at radius 1 is 1.39 bits per heavy atom. The van der Waals surface area contributed by atoms with Gasteiger partial charge in [0.2, 0.25) is 0 Å². The predicted molar refractivity (Wildman–Crippen MR) is 72.7 cm³/mol. The first-order valence-electron chi connectivity index (χ1n) is 6.65. The molecular weight excluding hydrogens is 226 g/mol. The van der Waals surface area contributed by atoms with Gasteiger partial charge in [0.1, 0.15) is 5.82 Å². The lowest BCUT2D eigenvalue weighted by molar-refractivity contribution is 0.0908. The predicted octanol–water partition coefficient (Wildman–Crippen LogP) is 2.58. The summed E-state index contributed by atoms with van der Waals surface area (Å²) in [5.41, 5.74) is 0.599. The molecule has 0 radical (unpaired) electrons. The lowest BCUT2D eigenvalue weighted by Gasteiger charge is -2.25. The molecular formula is C14H21N3O. The molecule has 4 nitrogen and oxygen atoms in total. The Kier molecular flexibility index (Phi) is 3.84. The van der Waals surface area contributed by atoms with Crippen molar-refractivity contribution in [1.82, 2.24) is 10.3 Å². The van der Waals surface area contributed by atoms with E-state index in [1.165, 1.54) is 12.8 Å². The van der Waals surface area contributed by atoms with E-state index in [-0.39, 0.29) is 11.4 Å². The molecule has 18 heavy (non-hydrogen) atoms. The number of rotatable bonds is 4. The summed E-state index contributed by atoms with van der Waals surface area (Å²) in [5, 5.41) is 6.24. The molecule has 1 fully saturated rings. The largest absolute Gasteiger partial charge is 0.370 e. The Labute approximate surface area is 108 Å². The van der Waals surface area contributed by atoms with Gasteiger partial charge in [0.25, 0.3) is 5.91 Å². The van der Waals surface area contributed by atoms with Crippen LogP contribution >= 0.6 is 0 Å². The van der Waals surface area contributed by atoms with Crippen molar-refractivity contribution in [3.63, 3.8) is 0 Å². The average molecular weight is 247 g/mol. The SMILES string of the molecule is CCNc1ccc(C(=O)NC2(C)CCCC2)cn1. The first kappa shape index (κ1) is 12.9. The Morgan fingerprint density at radius 2 is 2.11 bits per heavy atom. The molecule has 98 valence electrons. The number of pyridine rings is 1. The van der Waals surface area contributed by atoms with E-state index in [4.69, 9.17) is 0 Å². The maximum atomic E-state index is 12.1. The number of carbonyl (C=O) groups excluding carboxylic acids is 1. The highest BCUT2D eigenvalue weighted by Gasteiger charge is 2.30. The standard InChI is InChI=1S/C14H21N3O/c1-3-15-12-7-6-11(10-16-12)13(18)17-14(2)8-4-5-9-14/h6-7,10H,3-5,8-9H2,1-2H3,(H,15,16)(H,17,18). The second-order valence-corrected chi connectivity index (χ2v) is 5.18. The average Bonchev–Trinajstić information content (AvgIpc) is 2.77. The topological polar surface area (TPSA) is 54.0 Å². The fourth-order valence-corrected chi connectivity index (χ4v) is 2.44. The molecule has 1 aliphatic rings. The van der Waals surface area contributed by atoms with Crippen LogP contribution in [-0.4, -0.2) is 23.0 Å². The van der Waals surface area contributed by atoms with Crippen molar-refractivity contribution in [2.75, 3.05) is 11.9 Å². The van der Waals surface area contributed by atoms with Crippen LogP contribution in [0.5, 0.6) is 0 Å². The Balaban J connectivity index is 2.00. The van der Waals surface area contributed by atoms with Gasteiger partial charge >= 0.3 is 0 Å². The summed E-state index contributed by atoms with van der Waals surface area (Å²) in [5.74, 6) is 0.788. The number of anilines is 1. The number of nitrogens with zero attached hydrogens (tertiary/aromatic N) is 1. The molecule has 0 aromatic carbocycles. The van der Waals surface area contributed by atoms with Gasteiger partial charge in [-0.05, 0) is 38.8 Å². The first-order valence-corrected chi connectivity index (χ1v) is 6.65. The Bertz CT molecular complexity index is 408. The van der Waals surface area contributed by atoms with E-state index < -0.39 is 0 Å². The zero-order valence-electron chi connectivity index (χ0n) is 11.1. The van der Waals surface area contributed by atoms with Crippen molar-refractivity contribution >= 4 is 11.7 Å². The maximum Gasteiger partial charge on any atom is 0.253 e. The van der Waals surface area contributed by atoms with E-state index in [0.717, 1.165) is 25.2 Å². The number of hydrogen-bond acceptors (Lipinski definition) is 3. The number of nitrogens with one attached hydrogen (secondary N) is 2. The van der Waals surface area contributed by atoms with E-state index in [9.17, 15) is 4.79 Å². The molecule has 1 amide bonds. The quantitative estimate of drug-likeness (QED) is 0.859. The molecule has 2 rings (SSSR count). The molecule has 1 aromatic rings. The third-order valence-corrected chi connectivity index (χ3v) is 3.51. The Morgan fingerprint density at radius 3 is 2.67 bits per heavy atom. The van der Waals surface area contributed by atoms with Crippen LogP contribution in [0.4, 0.5) is 5.82 Å². The highest BCUT2D eigenvalue weighted by atomic mass is 16.1. The normalized spacial score (nSPS) is 17.4. The van der Waals surface area contributed by atoms with Gasteiger partial charge in [-0.1, -0.05) is 12.8 Å². The van der Waals surface area contributed by atoms with Crippen molar-refractivity contribution < 1.29 is 4.79 Å². The van der Waals surface area contributed by atoms with Crippen LogP contribution in [0.3, 0.4) is 0 Å². The fourth-order valence-electron chi connectivity index (χ4n) is 2.44. The Hall–Kier alpha value is -1.58. The molecule has 1 heterocycles. The summed E-state index contributed by atoms with van der Waals surface area (Å²) in [4.78, 5) is 16.3. The minimum Gasteiger partial charge on any atom is -0.370 e. The molecule has 0 unspecified atom stereocenters. The number of hydrogen-bond donors (Lipinski definition) is 2. The van der Waals surface area contributed by atoms with Crippen LogP contribution in [0, 0.1) is 0 Å². The summed E-state index contributed by atoms with van der Waals surface area (Å²) in [6, 6.07) is 3.66. The first-order chi connectivity index (χ1) is 8.63. The molecule has 0 bridgehead atoms. The third-order valence-electron chi connectivity index (χ3n) is 3.51. The summed E-state index contributed by atoms with van der Waals surface area (Å²) < 4.78 is 0. The molecule has 4 heteroatoms. The van der Waals surface area contributed by atoms with Crippen LogP contribution in [-0.2, 0) is 0 Å². The van der Waals surface area contributed by atoms with Crippen LogP contribution in [0.15, 0.2) is 18.3 Å². The van der Waals surface area contributed by atoms with E-state index in [1.54, 1.807) is 6.20 Å². The van der Waals surface area contributed by atoms with Gasteiger partial charge in [-0.3, -0.25) is 4.79 Å². The molecule has 2 N–H and O–H groups in total. The van der Waals surface area contributed by atoms with Crippen LogP contribution in [0.2, 0.25) is 0 Å². The van der Waals surface area contributed by atoms with Crippen molar-refractivity contribution in [1.29, 1.82) is 0 Å². The van der Waals surface area contributed by atoms with Crippen LogP contribution in [0.1, 0.15) is 49.9 Å². The highest BCUT2D eigenvalue weighted by molar-refractivity contribution is 5.94. The van der Waals surface area contributed by atoms with Gasteiger partial charge in [0, 0.05) is 18.3 Å². The second kappa shape index (κ2) is 5.38. The van der Waals surface area contributed by atoms with E-state index in [2.05, 4.69) is 22.5 Å². The van der Waals surface area contributed by atoms with Gasteiger partial charge in [-0.15, -0.1) is 0 Å². The van der Waals surface area contributed by atoms with Gasteiger partial charge in [-0.25, -0.2) is 4.98 Å². The minimum absolute atomic E-state index is 0.0186. The summed E-state index contributed by atoms with van der Waals surface area (Å²) >= 11 is 0. The molecule has 1 saturated carbocycles. The zero-order chi connectivity index (χ0) is 13.0. The molecule has 0 atom stereocenters. The zero-order valence-corrected chi connectivity index (χ0v) is 11.1. The van der Waals surface area contributed by atoms with Crippen LogP contribution in [0.25, 0.3) is 0 Å². The van der Waals surface area contributed by atoms with Crippen molar-refractivity contribution in [2.45, 2.75) is 45.1 Å². The molecule has 0 spiro atoms. The number of carbonyl (C=O) groups is 1. The van der Waals surface area contributed by atoms with Gasteiger partial charge < -0.3 is 10.6 Å². The summed E-state index contributed by atoms with van der Waals surface area (Å²) in [6.07, 6.45) is 6.18. The summed E-state index contributed by atoms with van der Waals surface area (Å²) in [7, 11) is 0. The molecule has 0 saturated heterocycles. The minimum atomic E-state index is -0.0303. The lowest BCUT2D eigenvalue weighted by atomic mass is 10.0. The van der Waals surface area contributed by atoms with E-state index in [1.807, 2.05) is 19.1 Å². The van der Waals surface area contributed by atoms with Gasteiger partial charge in [0.05, 0.1) is 5.56 Å². The maximum absolute atomic E-state index is 12.1. The smallest absolute Gasteiger partial charge is 0.253 e. The summed E-state index contributed by atoms with van der Waals surface area (Å²) in [6.45, 7) is 4.97. The number of aromatic nitrogens is 1. The monoisotopic (exact) mass is 247 g/mol. The number of amides is 1. The molecule has 1 aromatic heterocycles. The van der Waals surface area contributed by atoms with Crippen molar-refractivity contribution in [2.24, 2.45) is 0 Å². The fraction of sp³-hybridized carbons (Fsp3) is 0.571. The van der Waals surface area contributed by atoms with Crippen molar-refractivity contribution in [3.8, 4) is 0 Å². The molecule has 1 aliphatic carbocycles. The van der Waals surface area contributed by atoms with E-state index in [0.29, 0.717) is 5.56 Å². The lowest BCUT2D eigenvalue weighted by Crippen LogP contribution is -2.43. The van der Waals surface area contributed by atoms with Gasteiger partial charge in [0.15, 0.2) is 0 Å². The van der Waals surface area contributed by atoms with E-state index >= 15 is 0 Å². The second-order valence-electron chi connectivity index (χ2n) is 5.18.